The quantitative estimate of drug-likeness (QED) is 0.565. The summed E-state index contributed by atoms with van der Waals surface area (Å²) in [6.45, 7) is 3.22. The van der Waals surface area contributed by atoms with E-state index < -0.39 is 0 Å². The minimum atomic E-state index is 0.222. The maximum atomic E-state index is 13.4. The number of nitrogens with two attached hydrogens (primary N) is 1. The third kappa shape index (κ3) is 4.63. The maximum Gasteiger partial charge on any atom is 0.128 e. The zero-order valence-electron chi connectivity index (χ0n) is 9.69. The number of hydrogen-bond acceptors (Lipinski definition) is 4. The molecule has 0 aliphatic rings. The fraction of sp³-hybridized carbons (Fsp3) is 0.636. The molecule has 4 nitrogen and oxygen atoms in total. The number of nitrogens with zero attached hydrogens (tertiary/aromatic N) is 3. The van der Waals surface area contributed by atoms with Crippen molar-refractivity contribution in [3.63, 3.8) is 0 Å². The highest BCUT2D eigenvalue weighted by Crippen LogP contribution is 2.04. The van der Waals surface area contributed by atoms with Crippen molar-refractivity contribution < 1.29 is 4.48 Å². The van der Waals surface area contributed by atoms with Crippen LogP contribution < -0.4 is 5.73 Å². The van der Waals surface area contributed by atoms with Gasteiger partial charge in [0, 0.05) is 19.2 Å². The molecule has 1 heterocycles. The lowest BCUT2D eigenvalue weighted by atomic mass is 10.3. The van der Waals surface area contributed by atoms with E-state index in [1.54, 1.807) is 12.3 Å². The van der Waals surface area contributed by atoms with E-state index in [0.717, 1.165) is 35.9 Å². The lowest BCUT2D eigenvalue weighted by molar-refractivity contribution is 0.0130. The molecule has 16 heavy (non-hydrogen) atoms. The predicted octanol–water partition coefficient (Wildman–Crippen LogP) is 1.46. The van der Waals surface area contributed by atoms with Gasteiger partial charge in [-0.1, -0.05) is 6.92 Å². The van der Waals surface area contributed by atoms with Crippen LogP contribution in [0.3, 0.4) is 0 Å². The molecule has 90 valence electrons. The molecular weight excluding hydrogens is 207 g/mol. The van der Waals surface area contributed by atoms with Crippen molar-refractivity contribution in [1.29, 1.82) is 0 Å². The molecule has 1 aromatic rings. The van der Waals surface area contributed by atoms with Crippen molar-refractivity contribution in [2.45, 2.75) is 32.7 Å². The summed E-state index contributed by atoms with van der Waals surface area (Å²) in [6, 6.07) is 1.74. The van der Waals surface area contributed by atoms with Gasteiger partial charge in [-0.2, -0.15) is 0 Å². The Balaban J connectivity index is 2.39. The van der Waals surface area contributed by atoms with Gasteiger partial charge in [-0.05, 0) is 25.5 Å². The van der Waals surface area contributed by atoms with Crippen LogP contribution in [0.4, 0.5) is 4.48 Å². The van der Waals surface area contributed by atoms with E-state index in [2.05, 4.69) is 9.97 Å². The minimum absolute atomic E-state index is 0.222. The fourth-order valence-electron chi connectivity index (χ4n) is 1.38. The summed E-state index contributed by atoms with van der Waals surface area (Å²) >= 11 is 0. The highest BCUT2D eigenvalue weighted by molar-refractivity contribution is 5.01. The molecule has 0 amide bonds. The Morgan fingerprint density at radius 3 is 2.94 bits per heavy atom. The van der Waals surface area contributed by atoms with Crippen LogP contribution in [-0.2, 0) is 13.0 Å². The van der Waals surface area contributed by atoms with E-state index in [0.29, 0.717) is 13.1 Å². The summed E-state index contributed by atoms with van der Waals surface area (Å²) in [4.78, 5) is 8.31. The standard InChI is InChI=1S/C11H19FN4/c1-2-11-14-7-5-10(15-11)9-16(12)8-4-3-6-13/h5,7H,2-4,6,8-9,13H2,1H3. The first kappa shape index (κ1) is 13.0. The van der Waals surface area contributed by atoms with Crippen molar-refractivity contribution in [1.82, 2.24) is 15.1 Å². The topological polar surface area (TPSA) is 55.0 Å². The lowest BCUT2D eigenvalue weighted by Gasteiger charge is -2.11. The van der Waals surface area contributed by atoms with Crippen molar-refractivity contribution >= 4 is 0 Å². The molecule has 0 aromatic carbocycles. The molecule has 1 rings (SSSR count). The number of aryl methyl sites for hydroxylation is 1. The number of halogens is 1. The van der Waals surface area contributed by atoms with Crippen molar-refractivity contribution in [2.75, 3.05) is 13.1 Å². The Hall–Kier alpha value is -1.07. The van der Waals surface area contributed by atoms with Gasteiger partial charge in [-0.15, -0.1) is 9.60 Å². The van der Waals surface area contributed by atoms with E-state index in [1.807, 2.05) is 6.92 Å². The molecule has 0 atom stereocenters. The molecule has 0 saturated carbocycles. The molecule has 0 unspecified atom stereocenters. The predicted molar refractivity (Wildman–Crippen MR) is 61.2 cm³/mol. The minimum Gasteiger partial charge on any atom is -0.330 e. The zero-order chi connectivity index (χ0) is 11.8. The van der Waals surface area contributed by atoms with E-state index >= 15 is 0 Å². The van der Waals surface area contributed by atoms with Crippen molar-refractivity contribution in [3.8, 4) is 0 Å². The third-order valence-corrected chi connectivity index (χ3v) is 2.27. The van der Waals surface area contributed by atoms with Gasteiger partial charge in [0.15, 0.2) is 0 Å². The van der Waals surface area contributed by atoms with Gasteiger partial charge < -0.3 is 5.73 Å². The molecule has 0 fully saturated rings. The zero-order valence-corrected chi connectivity index (χ0v) is 9.69. The second-order valence-electron chi connectivity index (χ2n) is 3.66. The first-order valence-electron chi connectivity index (χ1n) is 5.67. The maximum absolute atomic E-state index is 13.4. The molecule has 0 aliphatic heterocycles. The Labute approximate surface area is 95.6 Å². The molecule has 0 radical (unpaired) electrons. The summed E-state index contributed by atoms with van der Waals surface area (Å²) in [6.07, 6.45) is 4.07. The third-order valence-electron chi connectivity index (χ3n) is 2.27. The van der Waals surface area contributed by atoms with E-state index in [4.69, 9.17) is 5.73 Å². The van der Waals surface area contributed by atoms with E-state index in [-0.39, 0.29) is 6.54 Å². The van der Waals surface area contributed by atoms with Crippen LogP contribution in [0.1, 0.15) is 31.3 Å². The normalized spacial score (nSPS) is 11.0. The smallest absolute Gasteiger partial charge is 0.128 e. The largest absolute Gasteiger partial charge is 0.330 e. The highest BCUT2D eigenvalue weighted by atomic mass is 19.2. The van der Waals surface area contributed by atoms with Crippen molar-refractivity contribution in [2.24, 2.45) is 5.73 Å². The van der Waals surface area contributed by atoms with Crippen LogP contribution in [0.5, 0.6) is 0 Å². The monoisotopic (exact) mass is 226 g/mol. The Morgan fingerprint density at radius 1 is 1.44 bits per heavy atom. The molecular formula is C11H19FN4. The van der Waals surface area contributed by atoms with Crippen molar-refractivity contribution in [3.05, 3.63) is 23.8 Å². The van der Waals surface area contributed by atoms with Gasteiger partial charge in [0.1, 0.15) is 5.82 Å². The van der Waals surface area contributed by atoms with E-state index in [9.17, 15) is 4.48 Å². The van der Waals surface area contributed by atoms with Crippen LogP contribution in [0.25, 0.3) is 0 Å². The molecule has 0 bridgehead atoms. The Bertz CT molecular complexity index is 306. The summed E-state index contributed by atoms with van der Waals surface area (Å²) < 4.78 is 13.4. The van der Waals surface area contributed by atoms with Gasteiger partial charge in [0.05, 0.1) is 12.2 Å². The SMILES string of the molecule is CCc1nccc(CN(F)CCCCN)n1. The Morgan fingerprint density at radius 2 is 2.25 bits per heavy atom. The van der Waals surface area contributed by atoms with E-state index in [1.165, 1.54) is 0 Å². The average Bonchev–Trinajstić information content (AvgIpc) is 2.29. The highest BCUT2D eigenvalue weighted by Gasteiger charge is 2.05. The van der Waals surface area contributed by atoms with Gasteiger partial charge in [-0.25, -0.2) is 9.97 Å². The molecule has 5 heteroatoms. The van der Waals surface area contributed by atoms with Crippen LogP contribution >= 0.6 is 0 Å². The summed E-state index contributed by atoms with van der Waals surface area (Å²) in [5.74, 6) is 0.757. The van der Waals surface area contributed by atoms with Crippen LogP contribution in [0, 0.1) is 0 Å². The number of aromatic nitrogens is 2. The van der Waals surface area contributed by atoms with Crippen LogP contribution in [-0.4, -0.2) is 28.2 Å². The first-order chi connectivity index (χ1) is 7.76. The average molecular weight is 226 g/mol. The van der Waals surface area contributed by atoms with Gasteiger partial charge in [0.2, 0.25) is 0 Å². The number of rotatable bonds is 7. The fourth-order valence-corrected chi connectivity index (χ4v) is 1.38. The summed E-state index contributed by atoms with van der Waals surface area (Å²) in [7, 11) is 0. The van der Waals surface area contributed by atoms with Crippen LogP contribution in [0.15, 0.2) is 12.3 Å². The molecule has 0 saturated heterocycles. The number of unbranched alkanes of at least 4 members (excludes halogenated alkanes) is 1. The molecule has 0 aliphatic carbocycles. The Kier molecular flexibility index (Phi) is 5.88. The summed E-state index contributed by atoms with van der Waals surface area (Å²) in [5, 5.41) is 0.775. The summed E-state index contributed by atoms with van der Waals surface area (Å²) in [5.41, 5.74) is 6.07. The van der Waals surface area contributed by atoms with Gasteiger partial charge in [0.25, 0.3) is 0 Å². The second-order valence-corrected chi connectivity index (χ2v) is 3.66. The molecule has 0 spiro atoms. The first-order valence-corrected chi connectivity index (χ1v) is 5.67. The molecule has 2 N–H and O–H groups in total. The molecule has 1 aromatic heterocycles. The van der Waals surface area contributed by atoms with Gasteiger partial charge in [-0.3, -0.25) is 0 Å². The van der Waals surface area contributed by atoms with Crippen LogP contribution in [0.2, 0.25) is 0 Å². The van der Waals surface area contributed by atoms with Gasteiger partial charge >= 0.3 is 0 Å². The number of hydrogen-bond donors (Lipinski definition) is 1. The lowest BCUT2D eigenvalue weighted by Crippen LogP contribution is -2.17. The second kappa shape index (κ2) is 7.24.